The van der Waals surface area contributed by atoms with Crippen LogP contribution in [0.3, 0.4) is 0 Å². The molecule has 2 aliphatic rings. The third-order valence-corrected chi connectivity index (χ3v) is 7.56. The van der Waals surface area contributed by atoms with Crippen LogP contribution in [0.5, 0.6) is 0 Å². The lowest BCUT2D eigenvalue weighted by molar-refractivity contribution is -0.161. The Bertz CT molecular complexity index is 847. The summed E-state index contributed by atoms with van der Waals surface area (Å²) in [7, 11) is 0. The molecule has 1 spiro atoms. The van der Waals surface area contributed by atoms with Crippen molar-refractivity contribution in [3.63, 3.8) is 0 Å². The lowest BCUT2D eigenvalue weighted by atomic mass is 9.80. The number of hydrogen-bond donors (Lipinski definition) is 1. The molecular weight excluding hydrogens is 434 g/mol. The summed E-state index contributed by atoms with van der Waals surface area (Å²) >= 11 is 0. The van der Waals surface area contributed by atoms with Crippen LogP contribution in [0.25, 0.3) is 0 Å². The second kappa shape index (κ2) is 11.5. The molecule has 2 fully saturated rings. The van der Waals surface area contributed by atoms with Crippen molar-refractivity contribution in [3.05, 3.63) is 35.4 Å². The second-order valence-electron chi connectivity index (χ2n) is 12.8. The number of amides is 2. The highest BCUT2D eigenvalue weighted by atomic mass is 16.2. The number of benzene rings is 1. The molecule has 1 aromatic carbocycles. The average Bonchev–Trinajstić information content (AvgIpc) is 2.76. The van der Waals surface area contributed by atoms with Crippen LogP contribution < -0.4 is 5.32 Å². The average molecular weight is 484 g/mol. The van der Waals surface area contributed by atoms with Gasteiger partial charge in [-0.1, -0.05) is 72.7 Å². The van der Waals surface area contributed by atoms with Crippen molar-refractivity contribution in [1.82, 2.24) is 15.1 Å². The van der Waals surface area contributed by atoms with Gasteiger partial charge >= 0.3 is 0 Å². The van der Waals surface area contributed by atoms with Gasteiger partial charge in [0.1, 0.15) is 11.6 Å². The van der Waals surface area contributed by atoms with Crippen LogP contribution in [0, 0.1) is 17.3 Å². The Morgan fingerprint density at radius 3 is 2.17 bits per heavy atom. The zero-order valence-corrected chi connectivity index (χ0v) is 23.3. The predicted octanol–water partition coefficient (Wildman–Crippen LogP) is 5.07. The first kappa shape index (κ1) is 27.7. The number of likely N-dealkylation sites (tertiary alicyclic amines) is 1. The van der Waals surface area contributed by atoms with Crippen molar-refractivity contribution >= 4 is 11.8 Å². The van der Waals surface area contributed by atoms with Crippen molar-refractivity contribution in [2.75, 3.05) is 26.2 Å². The fourth-order valence-electron chi connectivity index (χ4n) is 5.97. The molecule has 35 heavy (non-hydrogen) atoms. The molecule has 0 radical (unpaired) electrons. The molecule has 1 aromatic rings. The normalized spacial score (nSPS) is 22.1. The van der Waals surface area contributed by atoms with Crippen molar-refractivity contribution < 1.29 is 9.59 Å². The summed E-state index contributed by atoms with van der Waals surface area (Å²) in [5.41, 5.74) is 2.44. The summed E-state index contributed by atoms with van der Waals surface area (Å²) in [5, 5.41) is 3.10. The highest BCUT2D eigenvalue weighted by Gasteiger charge is 2.53. The van der Waals surface area contributed by atoms with Gasteiger partial charge < -0.3 is 15.1 Å². The molecule has 1 N–H and O–H groups in total. The molecule has 0 aromatic heterocycles. The van der Waals surface area contributed by atoms with Gasteiger partial charge in [0, 0.05) is 26.2 Å². The number of rotatable bonds is 9. The van der Waals surface area contributed by atoms with Crippen LogP contribution in [0.4, 0.5) is 0 Å². The van der Waals surface area contributed by atoms with E-state index in [0.29, 0.717) is 30.2 Å². The molecule has 2 amide bonds. The third-order valence-electron chi connectivity index (χ3n) is 7.56. The summed E-state index contributed by atoms with van der Waals surface area (Å²) in [6, 6.07) is 8.78. The van der Waals surface area contributed by atoms with Crippen LogP contribution >= 0.6 is 0 Å². The Labute approximate surface area is 214 Å². The maximum absolute atomic E-state index is 13.4. The van der Waals surface area contributed by atoms with Gasteiger partial charge in [-0.05, 0) is 66.9 Å². The topological polar surface area (TPSA) is 52.7 Å². The van der Waals surface area contributed by atoms with E-state index in [0.717, 1.165) is 51.7 Å². The zero-order valence-electron chi connectivity index (χ0n) is 23.3. The van der Waals surface area contributed by atoms with E-state index in [1.807, 2.05) is 4.90 Å². The largest absolute Gasteiger partial charge is 0.342 e. The van der Waals surface area contributed by atoms with Gasteiger partial charge in [0.05, 0.1) is 0 Å². The van der Waals surface area contributed by atoms with Gasteiger partial charge in [-0.2, -0.15) is 0 Å². The minimum Gasteiger partial charge on any atom is -0.342 e. The highest BCUT2D eigenvalue weighted by molar-refractivity contribution is 6.00. The SMILES string of the molecule is CCCN1C(=O)C(CC(C)C)NC(=O)C12CCN(CC(C)Cc1ccc(CC(C)(C)C)cc1)CC2. The van der Waals surface area contributed by atoms with E-state index in [4.69, 9.17) is 0 Å². The van der Waals surface area contributed by atoms with Crippen LogP contribution in [0.2, 0.25) is 0 Å². The van der Waals surface area contributed by atoms with Gasteiger partial charge in [-0.15, -0.1) is 0 Å². The molecule has 2 saturated heterocycles. The first-order chi connectivity index (χ1) is 16.4. The van der Waals surface area contributed by atoms with Crippen molar-refractivity contribution in [2.45, 2.75) is 98.6 Å². The van der Waals surface area contributed by atoms with Crippen molar-refractivity contribution in [1.29, 1.82) is 0 Å². The van der Waals surface area contributed by atoms with Gasteiger partial charge in [0.15, 0.2) is 0 Å². The molecule has 2 unspecified atom stereocenters. The number of piperidine rings is 1. The Balaban J connectivity index is 1.57. The van der Waals surface area contributed by atoms with Crippen LogP contribution in [0.15, 0.2) is 24.3 Å². The van der Waals surface area contributed by atoms with Gasteiger partial charge in [-0.25, -0.2) is 0 Å². The minimum absolute atomic E-state index is 0.0687. The number of nitrogens with zero attached hydrogens (tertiary/aromatic N) is 2. The summed E-state index contributed by atoms with van der Waals surface area (Å²) in [4.78, 5) is 31.1. The molecule has 196 valence electrons. The number of nitrogens with one attached hydrogen (secondary N) is 1. The summed E-state index contributed by atoms with van der Waals surface area (Å²) in [6.45, 7) is 18.9. The Morgan fingerprint density at radius 2 is 1.63 bits per heavy atom. The van der Waals surface area contributed by atoms with E-state index >= 15 is 0 Å². The minimum atomic E-state index is -0.663. The summed E-state index contributed by atoms with van der Waals surface area (Å²) < 4.78 is 0. The Kier molecular flexibility index (Phi) is 9.06. The lowest BCUT2D eigenvalue weighted by Crippen LogP contribution is -2.73. The van der Waals surface area contributed by atoms with Gasteiger partial charge in [-0.3, -0.25) is 9.59 Å². The van der Waals surface area contributed by atoms with Crippen LogP contribution in [-0.2, 0) is 22.4 Å². The number of carbonyl (C=O) groups excluding carboxylic acids is 2. The van der Waals surface area contributed by atoms with E-state index < -0.39 is 5.54 Å². The Hall–Kier alpha value is -1.88. The van der Waals surface area contributed by atoms with Crippen molar-refractivity contribution in [2.24, 2.45) is 17.3 Å². The standard InChI is InChI=1S/C30H49N3O2/c1-8-15-33-27(34)26(18-22(2)3)31-28(35)30(33)13-16-32(17-14-30)21-23(4)19-24-9-11-25(12-10-24)20-29(5,6)7/h9-12,22-23,26H,8,13-21H2,1-7H3,(H,31,35). The second-order valence-corrected chi connectivity index (χ2v) is 12.8. The predicted molar refractivity (Wildman–Crippen MR) is 144 cm³/mol. The zero-order chi connectivity index (χ0) is 25.8. The van der Waals surface area contributed by atoms with Gasteiger partial charge in [0.2, 0.25) is 11.8 Å². The molecular formula is C30H49N3O2. The van der Waals surface area contributed by atoms with Crippen molar-refractivity contribution in [3.8, 4) is 0 Å². The number of hydrogen-bond acceptors (Lipinski definition) is 3. The highest BCUT2D eigenvalue weighted by Crippen LogP contribution is 2.34. The van der Waals surface area contributed by atoms with Crippen LogP contribution in [0.1, 0.15) is 85.3 Å². The van der Waals surface area contributed by atoms with Gasteiger partial charge in [0.25, 0.3) is 0 Å². The first-order valence-electron chi connectivity index (χ1n) is 13.9. The Morgan fingerprint density at radius 1 is 1.03 bits per heavy atom. The molecule has 2 aliphatic heterocycles. The van der Waals surface area contributed by atoms with E-state index in [1.165, 1.54) is 11.1 Å². The molecule has 0 bridgehead atoms. The maximum atomic E-state index is 13.4. The van der Waals surface area contributed by atoms with Crippen LogP contribution in [-0.4, -0.2) is 59.4 Å². The molecule has 2 heterocycles. The molecule has 5 nitrogen and oxygen atoms in total. The molecule has 2 atom stereocenters. The fourth-order valence-corrected chi connectivity index (χ4v) is 5.97. The molecule has 3 rings (SSSR count). The first-order valence-corrected chi connectivity index (χ1v) is 13.9. The summed E-state index contributed by atoms with van der Waals surface area (Å²) in [5.74, 6) is 1.11. The molecule has 0 aliphatic carbocycles. The molecule has 0 saturated carbocycles. The fraction of sp³-hybridized carbons (Fsp3) is 0.733. The lowest BCUT2D eigenvalue weighted by Gasteiger charge is -2.52. The number of piperazine rings is 1. The van der Waals surface area contributed by atoms with E-state index in [1.54, 1.807) is 0 Å². The molecule has 5 heteroatoms. The maximum Gasteiger partial charge on any atom is 0.246 e. The quantitative estimate of drug-likeness (QED) is 0.533. The monoisotopic (exact) mass is 483 g/mol. The van der Waals surface area contributed by atoms with E-state index in [-0.39, 0.29) is 17.9 Å². The smallest absolute Gasteiger partial charge is 0.246 e. The number of carbonyl (C=O) groups is 2. The van der Waals surface area contributed by atoms with E-state index in [9.17, 15) is 9.59 Å². The van der Waals surface area contributed by atoms with E-state index in [2.05, 4.69) is 82.9 Å². The third kappa shape index (κ3) is 7.09. The summed E-state index contributed by atoms with van der Waals surface area (Å²) in [6.07, 6.45) is 5.21.